The van der Waals surface area contributed by atoms with Gasteiger partial charge in [-0.05, 0) is 25.0 Å². The van der Waals surface area contributed by atoms with E-state index < -0.39 is 5.97 Å². The van der Waals surface area contributed by atoms with Gasteiger partial charge >= 0.3 is 5.97 Å². The van der Waals surface area contributed by atoms with E-state index in [9.17, 15) is 4.79 Å². The van der Waals surface area contributed by atoms with Crippen LogP contribution in [-0.4, -0.2) is 16.2 Å². The summed E-state index contributed by atoms with van der Waals surface area (Å²) >= 11 is 6.53. The average Bonchev–Trinajstić information content (AvgIpc) is 3.01. The Labute approximate surface area is 156 Å². The zero-order valence-electron chi connectivity index (χ0n) is 14.7. The number of hydrogen-bond acceptors (Lipinski definition) is 4. The maximum atomic E-state index is 11.1. The van der Waals surface area contributed by atoms with Crippen molar-refractivity contribution in [2.45, 2.75) is 39.5 Å². The Morgan fingerprint density at radius 3 is 2.77 bits per heavy atom. The first-order chi connectivity index (χ1) is 12.5. The van der Waals surface area contributed by atoms with Gasteiger partial charge in [-0.3, -0.25) is 4.79 Å². The molecule has 1 aromatic heterocycles. The number of fused-ring (bicyclic) bond motifs is 1. The van der Waals surface area contributed by atoms with E-state index in [1.165, 1.54) is 0 Å². The van der Waals surface area contributed by atoms with Crippen LogP contribution >= 0.6 is 11.6 Å². The summed E-state index contributed by atoms with van der Waals surface area (Å²) in [5, 5.41) is 14.6. The first-order valence-corrected chi connectivity index (χ1v) is 9.00. The van der Waals surface area contributed by atoms with Gasteiger partial charge in [-0.2, -0.15) is 0 Å². The zero-order valence-corrected chi connectivity index (χ0v) is 15.5. The van der Waals surface area contributed by atoms with Crippen LogP contribution in [0.2, 0.25) is 5.02 Å². The number of carbonyl (C=O) groups is 1. The molecule has 5 nitrogen and oxygen atoms in total. The van der Waals surface area contributed by atoms with E-state index in [-0.39, 0.29) is 6.42 Å². The zero-order chi connectivity index (χ0) is 18.7. The van der Waals surface area contributed by atoms with Crippen molar-refractivity contribution in [2.24, 2.45) is 0 Å². The number of halogens is 1. The van der Waals surface area contributed by atoms with Gasteiger partial charge in [0.2, 0.25) is 0 Å². The van der Waals surface area contributed by atoms with Crippen LogP contribution in [0.4, 0.5) is 0 Å². The molecular formula is C20H20ClNO4. The Balaban J connectivity index is 2.12. The lowest BCUT2D eigenvalue weighted by Gasteiger charge is -2.15. The summed E-state index contributed by atoms with van der Waals surface area (Å²) in [7, 11) is 0. The van der Waals surface area contributed by atoms with Crippen molar-refractivity contribution in [1.82, 2.24) is 5.16 Å². The number of para-hydroxylation sites is 1. The van der Waals surface area contributed by atoms with E-state index in [0.717, 1.165) is 29.5 Å². The molecule has 1 heterocycles. The topological polar surface area (TPSA) is 72.6 Å². The SMILES string of the molecule is CCCc1c(Oc2ccccc2CC(=O)O)c(Cl)cc2c(CC)noc12. The molecule has 0 aliphatic heterocycles. The second-order valence-corrected chi connectivity index (χ2v) is 6.46. The van der Waals surface area contributed by atoms with Gasteiger partial charge in [0, 0.05) is 16.5 Å². The number of nitrogens with zero attached hydrogens (tertiary/aromatic N) is 1. The van der Waals surface area contributed by atoms with Crippen molar-refractivity contribution in [2.75, 3.05) is 0 Å². The Bertz CT molecular complexity index is 948. The predicted molar refractivity (Wildman–Crippen MR) is 100 cm³/mol. The molecule has 0 radical (unpaired) electrons. The first kappa shape index (κ1) is 18.3. The molecule has 3 rings (SSSR count). The van der Waals surface area contributed by atoms with Gasteiger partial charge < -0.3 is 14.4 Å². The Morgan fingerprint density at radius 2 is 2.08 bits per heavy atom. The molecule has 0 saturated heterocycles. The third kappa shape index (κ3) is 3.53. The molecule has 0 bridgehead atoms. The van der Waals surface area contributed by atoms with Crippen LogP contribution in [0.3, 0.4) is 0 Å². The van der Waals surface area contributed by atoms with Crippen molar-refractivity contribution in [3.63, 3.8) is 0 Å². The van der Waals surface area contributed by atoms with Crippen molar-refractivity contribution < 1.29 is 19.2 Å². The Morgan fingerprint density at radius 1 is 1.31 bits per heavy atom. The number of rotatable bonds is 7. The average molecular weight is 374 g/mol. The number of aromatic nitrogens is 1. The minimum absolute atomic E-state index is 0.124. The summed E-state index contributed by atoms with van der Waals surface area (Å²) in [6.07, 6.45) is 2.22. The fourth-order valence-electron chi connectivity index (χ4n) is 3.00. The van der Waals surface area contributed by atoms with Gasteiger partial charge in [0.25, 0.3) is 0 Å². The van der Waals surface area contributed by atoms with Gasteiger partial charge in [-0.1, -0.05) is 55.2 Å². The molecule has 0 aliphatic rings. The standard InChI is InChI=1S/C20H20ClNO4/c1-3-7-13-19-14(16(4-2)22-26-19)11-15(21)20(13)25-17-9-6-5-8-12(17)10-18(23)24/h5-6,8-9,11H,3-4,7,10H2,1-2H3,(H,23,24). The van der Waals surface area contributed by atoms with Crippen LogP contribution in [0, 0.1) is 0 Å². The van der Waals surface area contributed by atoms with Crippen molar-refractivity contribution in [3.8, 4) is 11.5 Å². The van der Waals surface area contributed by atoms with E-state index >= 15 is 0 Å². The van der Waals surface area contributed by atoms with Crippen LogP contribution in [-0.2, 0) is 24.1 Å². The van der Waals surface area contributed by atoms with Crippen molar-refractivity contribution >= 4 is 28.5 Å². The largest absolute Gasteiger partial charge is 0.481 e. The highest BCUT2D eigenvalue weighted by Crippen LogP contribution is 2.41. The van der Waals surface area contributed by atoms with Gasteiger partial charge in [-0.25, -0.2) is 0 Å². The van der Waals surface area contributed by atoms with Crippen molar-refractivity contribution in [1.29, 1.82) is 0 Å². The van der Waals surface area contributed by atoms with E-state index in [4.69, 9.17) is 26.0 Å². The van der Waals surface area contributed by atoms with Crippen LogP contribution in [0.5, 0.6) is 11.5 Å². The van der Waals surface area contributed by atoms with Crippen LogP contribution in [0.25, 0.3) is 11.0 Å². The summed E-state index contributed by atoms with van der Waals surface area (Å²) in [5.41, 5.74) is 2.98. The number of carboxylic acids is 1. The van der Waals surface area contributed by atoms with Gasteiger partial charge in [0.1, 0.15) is 5.75 Å². The molecule has 0 fully saturated rings. The lowest BCUT2D eigenvalue weighted by atomic mass is 10.0. The number of aryl methyl sites for hydroxylation is 2. The highest BCUT2D eigenvalue weighted by atomic mass is 35.5. The minimum atomic E-state index is -0.917. The van der Waals surface area contributed by atoms with E-state index in [1.807, 2.05) is 6.92 Å². The molecular weight excluding hydrogens is 354 g/mol. The van der Waals surface area contributed by atoms with E-state index in [2.05, 4.69) is 12.1 Å². The molecule has 0 atom stereocenters. The molecule has 2 aromatic carbocycles. The highest BCUT2D eigenvalue weighted by molar-refractivity contribution is 6.33. The fraction of sp³-hybridized carbons (Fsp3) is 0.300. The van der Waals surface area contributed by atoms with E-state index in [1.54, 1.807) is 30.3 Å². The van der Waals surface area contributed by atoms with Crippen LogP contribution < -0.4 is 4.74 Å². The summed E-state index contributed by atoms with van der Waals surface area (Å²) in [6.45, 7) is 4.07. The second-order valence-electron chi connectivity index (χ2n) is 6.06. The monoisotopic (exact) mass is 373 g/mol. The second kappa shape index (κ2) is 7.79. The third-order valence-corrected chi connectivity index (χ3v) is 4.48. The Kier molecular flexibility index (Phi) is 5.47. The maximum Gasteiger partial charge on any atom is 0.307 e. The first-order valence-electron chi connectivity index (χ1n) is 8.62. The number of aliphatic carboxylic acids is 1. The summed E-state index contributed by atoms with van der Waals surface area (Å²) < 4.78 is 11.7. The molecule has 1 N–H and O–H groups in total. The highest BCUT2D eigenvalue weighted by Gasteiger charge is 2.21. The summed E-state index contributed by atoms with van der Waals surface area (Å²) in [6, 6.07) is 8.87. The van der Waals surface area contributed by atoms with Gasteiger partial charge in [0.05, 0.1) is 17.1 Å². The summed E-state index contributed by atoms with van der Waals surface area (Å²) in [5.74, 6) is 0.0561. The lowest BCUT2D eigenvalue weighted by molar-refractivity contribution is -0.136. The molecule has 0 aliphatic carbocycles. The molecule has 3 aromatic rings. The molecule has 0 unspecified atom stereocenters. The molecule has 0 amide bonds. The number of ether oxygens (including phenoxy) is 1. The van der Waals surface area contributed by atoms with Crippen molar-refractivity contribution in [3.05, 3.63) is 52.2 Å². The number of hydrogen-bond donors (Lipinski definition) is 1. The normalized spacial score (nSPS) is 11.0. The van der Waals surface area contributed by atoms with E-state index in [0.29, 0.717) is 34.1 Å². The molecule has 26 heavy (non-hydrogen) atoms. The number of carboxylic acid groups (broad SMARTS) is 1. The minimum Gasteiger partial charge on any atom is -0.481 e. The van der Waals surface area contributed by atoms with Crippen LogP contribution in [0.15, 0.2) is 34.9 Å². The quantitative estimate of drug-likeness (QED) is 0.599. The smallest absolute Gasteiger partial charge is 0.307 e. The lowest BCUT2D eigenvalue weighted by Crippen LogP contribution is -2.03. The third-order valence-electron chi connectivity index (χ3n) is 4.20. The molecule has 0 saturated carbocycles. The maximum absolute atomic E-state index is 11.1. The van der Waals surface area contributed by atoms with Gasteiger partial charge in [-0.15, -0.1) is 0 Å². The molecule has 136 valence electrons. The van der Waals surface area contributed by atoms with Crippen LogP contribution in [0.1, 0.15) is 37.1 Å². The summed E-state index contributed by atoms with van der Waals surface area (Å²) in [4.78, 5) is 11.1. The molecule has 6 heteroatoms. The number of benzene rings is 2. The predicted octanol–water partition coefficient (Wildman–Crippen LogP) is 5.42. The van der Waals surface area contributed by atoms with Gasteiger partial charge in [0.15, 0.2) is 11.3 Å². The molecule has 0 spiro atoms. The fourth-order valence-corrected chi connectivity index (χ4v) is 3.26. The Hall–Kier alpha value is -2.53.